The number of nitrogens with one attached hydrogen (secondary N) is 1. The van der Waals surface area contributed by atoms with Crippen LogP contribution in [0.3, 0.4) is 0 Å². The SMILES string of the molecule is CCOc1cccc2c1[nH]c(=S)n2-c1c(F)cccc1Br. The van der Waals surface area contributed by atoms with Crippen LogP contribution in [0.5, 0.6) is 5.75 Å². The number of hydrogen-bond donors (Lipinski definition) is 1. The van der Waals surface area contributed by atoms with Gasteiger partial charge < -0.3 is 9.72 Å². The minimum Gasteiger partial charge on any atom is -0.492 e. The Morgan fingerprint density at radius 3 is 2.76 bits per heavy atom. The summed E-state index contributed by atoms with van der Waals surface area (Å²) in [6.45, 7) is 2.46. The van der Waals surface area contributed by atoms with Crippen molar-refractivity contribution in [3.8, 4) is 11.4 Å². The minimum atomic E-state index is -0.344. The van der Waals surface area contributed by atoms with E-state index >= 15 is 0 Å². The highest BCUT2D eigenvalue weighted by molar-refractivity contribution is 9.10. The van der Waals surface area contributed by atoms with E-state index in [1.807, 2.05) is 25.1 Å². The highest BCUT2D eigenvalue weighted by atomic mass is 79.9. The number of H-pyrrole nitrogens is 1. The third kappa shape index (κ3) is 2.38. The molecule has 0 unspecified atom stereocenters. The maximum Gasteiger partial charge on any atom is 0.183 e. The second-order valence-electron chi connectivity index (χ2n) is 4.42. The molecule has 0 aliphatic heterocycles. The summed E-state index contributed by atoms with van der Waals surface area (Å²) in [5.41, 5.74) is 1.93. The quantitative estimate of drug-likeness (QED) is 0.661. The molecule has 3 aromatic rings. The van der Waals surface area contributed by atoms with Crippen LogP contribution in [-0.2, 0) is 0 Å². The van der Waals surface area contributed by atoms with Crippen LogP contribution in [0, 0.1) is 10.6 Å². The monoisotopic (exact) mass is 366 g/mol. The molecule has 3 rings (SSSR count). The molecule has 6 heteroatoms. The molecule has 0 aliphatic carbocycles. The van der Waals surface area contributed by atoms with E-state index in [2.05, 4.69) is 20.9 Å². The number of para-hydroxylation sites is 2. The van der Waals surface area contributed by atoms with Crippen LogP contribution in [0.2, 0.25) is 0 Å². The van der Waals surface area contributed by atoms with Crippen molar-refractivity contribution < 1.29 is 9.13 Å². The molecule has 0 saturated carbocycles. The number of benzene rings is 2. The van der Waals surface area contributed by atoms with Crippen molar-refractivity contribution in [2.75, 3.05) is 6.61 Å². The Morgan fingerprint density at radius 2 is 2.05 bits per heavy atom. The van der Waals surface area contributed by atoms with Crippen molar-refractivity contribution in [3.05, 3.63) is 51.5 Å². The molecular weight excluding hydrogens is 355 g/mol. The van der Waals surface area contributed by atoms with E-state index in [1.54, 1.807) is 16.7 Å². The lowest BCUT2D eigenvalue weighted by Crippen LogP contribution is -1.99. The zero-order valence-corrected chi connectivity index (χ0v) is 13.6. The number of fused-ring (bicyclic) bond motifs is 1. The zero-order valence-electron chi connectivity index (χ0n) is 11.2. The summed E-state index contributed by atoms with van der Waals surface area (Å²) in [6.07, 6.45) is 0. The van der Waals surface area contributed by atoms with Crippen LogP contribution in [0.15, 0.2) is 40.9 Å². The summed E-state index contributed by atoms with van der Waals surface area (Å²) in [4.78, 5) is 3.10. The van der Waals surface area contributed by atoms with Crippen LogP contribution in [-0.4, -0.2) is 16.2 Å². The number of rotatable bonds is 3. The predicted octanol–water partition coefficient (Wildman–Crippen LogP) is 4.99. The molecule has 1 aromatic heterocycles. The lowest BCUT2D eigenvalue weighted by molar-refractivity contribution is 0.343. The second-order valence-corrected chi connectivity index (χ2v) is 5.66. The van der Waals surface area contributed by atoms with Gasteiger partial charge in [-0.1, -0.05) is 12.1 Å². The first-order chi connectivity index (χ1) is 10.1. The Hall–Kier alpha value is -1.66. The van der Waals surface area contributed by atoms with Gasteiger partial charge in [-0.2, -0.15) is 0 Å². The lowest BCUT2D eigenvalue weighted by atomic mass is 10.2. The van der Waals surface area contributed by atoms with Gasteiger partial charge in [0.25, 0.3) is 0 Å². The summed E-state index contributed by atoms with van der Waals surface area (Å²) in [7, 11) is 0. The maximum absolute atomic E-state index is 14.2. The maximum atomic E-state index is 14.2. The molecule has 0 bridgehead atoms. The largest absolute Gasteiger partial charge is 0.492 e. The van der Waals surface area contributed by atoms with Crippen molar-refractivity contribution >= 4 is 39.2 Å². The van der Waals surface area contributed by atoms with Crippen LogP contribution >= 0.6 is 28.1 Å². The first kappa shape index (κ1) is 14.3. The van der Waals surface area contributed by atoms with Gasteiger partial charge in [-0.15, -0.1) is 0 Å². The van der Waals surface area contributed by atoms with E-state index in [4.69, 9.17) is 17.0 Å². The number of aromatic nitrogens is 2. The zero-order chi connectivity index (χ0) is 15.0. The van der Waals surface area contributed by atoms with Gasteiger partial charge in [0, 0.05) is 4.47 Å². The van der Waals surface area contributed by atoms with Gasteiger partial charge in [-0.25, -0.2) is 4.39 Å². The van der Waals surface area contributed by atoms with Crippen molar-refractivity contribution in [3.63, 3.8) is 0 Å². The fourth-order valence-corrected chi connectivity index (χ4v) is 3.12. The summed E-state index contributed by atoms with van der Waals surface area (Å²) in [5.74, 6) is 0.357. The molecule has 0 atom stereocenters. The molecule has 0 radical (unpaired) electrons. The summed E-state index contributed by atoms with van der Waals surface area (Å²) >= 11 is 8.75. The topological polar surface area (TPSA) is 29.9 Å². The smallest absolute Gasteiger partial charge is 0.183 e. The third-order valence-corrected chi connectivity index (χ3v) is 4.07. The van der Waals surface area contributed by atoms with Crippen LogP contribution in [0.4, 0.5) is 4.39 Å². The average molecular weight is 367 g/mol. The van der Waals surface area contributed by atoms with Crippen molar-refractivity contribution in [1.82, 2.24) is 9.55 Å². The van der Waals surface area contributed by atoms with E-state index in [9.17, 15) is 4.39 Å². The molecular formula is C15H12BrFN2OS. The Bertz CT molecular complexity index is 851. The van der Waals surface area contributed by atoms with Crippen LogP contribution in [0.1, 0.15) is 6.92 Å². The number of halogens is 2. The third-order valence-electron chi connectivity index (χ3n) is 3.14. The Balaban J connectivity index is 2.37. The van der Waals surface area contributed by atoms with E-state index in [0.717, 1.165) is 11.0 Å². The van der Waals surface area contributed by atoms with E-state index < -0.39 is 0 Å². The lowest BCUT2D eigenvalue weighted by Gasteiger charge is -2.09. The molecule has 0 fully saturated rings. The Labute approximate surface area is 134 Å². The summed E-state index contributed by atoms with van der Waals surface area (Å²) in [6, 6.07) is 10.4. The fraction of sp³-hybridized carbons (Fsp3) is 0.133. The van der Waals surface area contributed by atoms with Gasteiger partial charge in [0.05, 0.1) is 17.8 Å². The van der Waals surface area contributed by atoms with Gasteiger partial charge in [0.15, 0.2) is 4.77 Å². The molecule has 1 N–H and O–H groups in total. The molecule has 1 heterocycles. The van der Waals surface area contributed by atoms with Gasteiger partial charge in [0.2, 0.25) is 0 Å². The fourth-order valence-electron chi connectivity index (χ4n) is 2.30. The molecule has 21 heavy (non-hydrogen) atoms. The molecule has 3 nitrogen and oxygen atoms in total. The first-order valence-electron chi connectivity index (χ1n) is 6.44. The van der Waals surface area contributed by atoms with Crippen LogP contribution < -0.4 is 4.74 Å². The molecule has 2 aromatic carbocycles. The predicted molar refractivity (Wildman–Crippen MR) is 87.3 cm³/mol. The van der Waals surface area contributed by atoms with Crippen molar-refractivity contribution in [1.29, 1.82) is 0 Å². The number of nitrogens with zero attached hydrogens (tertiary/aromatic N) is 1. The number of imidazole rings is 1. The Morgan fingerprint density at radius 1 is 1.29 bits per heavy atom. The van der Waals surface area contributed by atoms with E-state index in [1.165, 1.54) is 6.07 Å². The minimum absolute atomic E-state index is 0.344. The highest BCUT2D eigenvalue weighted by Crippen LogP contribution is 2.31. The standard InChI is InChI=1S/C15H12BrFN2OS/c1-2-20-12-8-4-7-11-13(12)18-15(21)19(11)14-9(16)5-3-6-10(14)17/h3-8H,2H2,1H3,(H,18,21). The highest BCUT2D eigenvalue weighted by Gasteiger charge is 2.15. The molecule has 0 aliphatic rings. The van der Waals surface area contributed by atoms with Crippen molar-refractivity contribution in [2.24, 2.45) is 0 Å². The van der Waals surface area contributed by atoms with Gasteiger partial charge in [-0.05, 0) is 59.3 Å². The van der Waals surface area contributed by atoms with E-state index in [-0.39, 0.29) is 5.82 Å². The van der Waals surface area contributed by atoms with Gasteiger partial charge in [0.1, 0.15) is 17.1 Å². The van der Waals surface area contributed by atoms with E-state index in [0.29, 0.717) is 27.3 Å². The first-order valence-corrected chi connectivity index (χ1v) is 7.64. The molecule has 0 saturated heterocycles. The molecule has 0 amide bonds. The van der Waals surface area contributed by atoms with Gasteiger partial charge in [-0.3, -0.25) is 4.57 Å². The molecule has 108 valence electrons. The normalized spacial score (nSPS) is 11.0. The van der Waals surface area contributed by atoms with Crippen LogP contribution in [0.25, 0.3) is 16.7 Å². The number of aromatic amines is 1. The molecule has 0 spiro atoms. The summed E-state index contributed by atoms with van der Waals surface area (Å²) < 4.78 is 22.5. The Kier molecular flexibility index (Phi) is 3.82. The summed E-state index contributed by atoms with van der Waals surface area (Å²) in [5, 5.41) is 0. The van der Waals surface area contributed by atoms with Gasteiger partial charge >= 0.3 is 0 Å². The number of hydrogen-bond acceptors (Lipinski definition) is 2. The number of ether oxygens (including phenoxy) is 1. The second kappa shape index (κ2) is 5.61. The van der Waals surface area contributed by atoms with Crippen molar-refractivity contribution in [2.45, 2.75) is 6.92 Å². The average Bonchev–Trinajstić information content (AvgIpc) is 2.77.